The molecule has 0 aliphatic rings. The monoisotopic (exact) mass is 387 g/mol. The van der Waals surface area contributed by atoms with Crippen LogP contribution in [-0.4, -0.2) is 11.1 Å². The minimum Gasteiger partial charge on any atom is -0.478 e. The van der Waals surface area contributed by atoms with E-state index in [-0.39, 0.29) is 0 Å². The second kappa shape index (κ2) is 6.25. The first-order chi connectivity index (χ1) is 9.06. The third-order valence-electron chi connectivity index (χ3n) is 2.59. The predicted octanol–water partition coefficient (Wildman–Crippen LogP) is 4.25. The van der Waals surface area contributed by atoms with Gasteiger partial charge in [-0.3, -0.25) is 0 Å². The van der Waals surface area contributed by atoms with Gasteiger partial charge in [0, 0.05) is 20.8 Å². The van der Waals surface area contributed by atoms with Crippen molar-refractivity contribution in [2.75, 3.05) is 5.32 Å². The number of benzene rings is 2. The number of anilines is 1. The van der Waals surface area contributed by atoms with Crippen molar-refractivity contribution < 1.29 is 9.90 Å². The minimum absolute atomic E-state index is 0.296. The SMILES string of the molecule is O=C(O)c1cccc(CNc2ccc(Cl)cc2I)c1. The molecular formula is C14H11ClINO2. The molecule has 2 N–H and O–H groups in total. The standard InChI is InChI=1S/C14H11ClINO2/c15-11-4-5-13(12(16)7-11)17-8-9-2-1-3-10(6-9)14(18)19/h1-7,17H,8H2,(H,18,19). The number of rotatable bonds is 4. The van der Waals surface area contributed by atoms with E-state index in [0.717, 1.165) is 14.8 Å². The van der Waals surface area contributed by atoms with Gasteiger partial charge in [0.1, 0.15) is 0 Å². The summed E-state index contributed by atoms with van der Waals surface area (Å²) in [6.45, 7) is 0.568. The van der Waals surface area contributed by atoms with Crippen molar-refractivity contribution in [1.29, 1.82) is 0 Å². The van der Waals surface area contributed by atoms with Crippen LogP contribution in [0, 0.1) is 3.57 Å². The van der Waals surface area contributed by atoms with Gasteiger partial charge in [-0.15, -0.1) is 0 Å². The molecule has 0 saturated heterocycles. The van der Waals surface area contributed by atoms with E-state index in [9.17, 15) is 4.79 Å². The molecule has 0 saturated carbocycles. The Morgan fingerprint density at radius 1 is 1.26 bits per heavy atom. The lowest BCUT2D eigenvalue weighted by Gasteiger charge is -2.09. The lowest BCUT2D eigenvalue weighted by Crippen LogP contribution is -2.03. The summed E-state index contributed by atoms with van der Waals surface area (Å²) in [7, 11) is 0. The third kappa shape index (κ3) is 3.84. The van der Waals surface area contributed by atoms with Crippen LogP contribution in [0.2, 0.25) is 5.02 Å². The lowest BCUT2D eigenvalue weighted by molar-refractivity contribution is 0.0697. The molecule has 0 aliphatic carbocycles. The van der Waals surface area contributed by atoms with Crippen LogP contribution in [0.5, 0.6) is 0 Å². The molecule has 0 amide bonds. The van der Waals surface area contributed by atoms with Gasteiger partial charge in [0.25, 0.3) is 0 Å². The Balaban J connectivity index is 2.10. The van der Waals surface area contributed by atoms with E-state index < -0.39 is 5.97 Å². The van der Waals surface area contributed by atoms with Crippen LogP contribution in [-0.2, 0) is 6.54 Å². The van der Waals surface area contributed by atoms with E-state index in [0.29, 0.717) is 17.1 Å². The molecule has 0 bridgehead atoms. The number of hydrogen-bond acceptors (Lipinski definition) is 2. The van der Waals surface area contributed by atoms with Gasteiger partial charge in [0.2, 0.25) is 0 Å². The van der Waals surface area contributed by atoms with Gasteiger partial charge in [0.15, 0.2) is 0 Å². The summed E-state index contributed by atoms with van der Waals surface area (Å²) >= 11 is 8.10. The Labute approximate surface area is 129 Å². The number of carboxylic acids is 1. The highest BCUT2D eigenvalue weighted by Gasteiger charge is 2.04. The fraction of sp³-hybridized carbons (Fsp3) is 0.0714. The van der Waals surface area contributed by atoms with Gasteiger partial charge in [0.05, 0.1) is 5.56 Å². The second-order valence-electron chi connectivity index (χ2n) is 3.98. The zero-order valence-corrected chi connectivity index (χ0v) is 12.8. The topological polar surface area (TPSA) is 49.3 Å². The van der Waals surface area contributed by atoms with Gasteiger partial charge >= 0.3 is 5.97 Å². The maximum absolute atomic E-state index is 10.9. The summed E-state index contributed by atoms with van der Waals surface area (Å²) in [5, 5.41) is 12.9. The maximum atomic E-state index is 10.9. The second-order valence-corrected chi connectivity index (χ2v) is 5.58. The minimum atomic E-state index is -0.914. The quantitative estimate of drug-likeness (QED) is 0.771. The summed E-state index contributed by atoms with van der Waals surface area (Å²) in [4.78, 5) is 10.9. The van der Waals surface area contributed by atoms with Crippen LogP contribution in [0.1, 0.15) is 15.9 Å². The number of carboxylic acid groups (broad SMARTS) is 1. The van der Waals surface area contributed by atoms with Crippen LogP contribution < -0.4 is 5.32 Å². The average molecular weight is 388 g/mol. The van der Waals surface area contributed by atoms with E-state index >= 15 is 0 Å². The highest BCUT2D eigenvalue weighted by atomic mass is 127. The number of halogens is 2. The molecule has 0 aliphatic heterocycles. The van der Waals surface area contributed by atoms with E-state index in [4.69, 9.17) is 16.7 Å². The van der Waals surface area contributed by atoms with Crippen LogP contribution >= 0.6 is 34.2 Å². The Morgan fingerprint density at radius 3 is 2.74 bits per heavy atom. The van der Waals surface area contributed by atoms with Gasteiger partial charge < -0.3 is 10.4 Å². The molecule has 0 atom stereocenters. The summed E-state index contributed by atoms with van der Waals surface area (Å²) in [5.74, 6) is -0.914. The van der Waals surface area contributed by atoms with Crippen LogP contribution in [0.3, 0.4) is 0 Å². The summed E-state index contributed by atoms with van der Waals surface area (Å²) in [6.07, 6.45) is 0. The Morgan fingerprint density at radius 2 is 2.05 bits per heavy atom. The molecule has 0 spiro atoms. The van der Waals surface area contributed by atoms with Gasteiger partial charge in [-0.1, -0.05) is 23.7 Å². The first-order valence-electron chi connectivity index (χ1n) is 5.57. The molecule has 2 aromatic rings. The number of aromatic carboxylic acids is 1. The molecule has 98 valence electrons. The molecule has 2 aromatic carbocycles. The number of carbonyl (C=O) groups is 1. The molecule has 19 heavy (non-hydrogen) atoms. The normalized spacial score (nSPS) is 10.2. The van der Waals surface area contributed by atoms with E-state index in [1.807, 2.05) is 24.3 Å². The maximum Gasteiger partial charge on any atom is 0.335 e. The van der Waals surface area contributed by atoms with Crippen LogP contribution in [0.15, 0.2) is 42.5 Å². The van der Waals surface area contributed by atoms with Gasteiger partial charge in [-0.05, 0) is 58.5 Å². The molecule has 2 rings (SSSR count). The van der Waals surface area contributed by atoms with Crippen molar-refractivity contribution >= 4 is 45.8 Å². The highest BCUT2D eigenvalue weighted by molar-refractivity contribution is 14.1. The molecular weight excluding hydrogens is 377 g/mol. The molecule has 3 nitrogen and oxygen atoms in total. The highest BCUT2D eigenvalue weighted by Crippen LogP contribution is 2.22. The Kier molecular flexibility index (Phi) is 4.66. The fourth-order valence-electron chi connectivity index (χ4n) is 1.64. The first kappa shape index (κ1) is 14.1. The van der Waals surface area contributed by atoms with Crippen LogP contribution in [0.25, 0.3) is 0 Å². The van der Waals surface area contributed by atoms with E-state index in [1.54, 1.807) is 18.2 Å². The van der Waals surface area contributed by atoms with Crippen molar-refractivity contribution in [3.05, 3.63) is 62.2 Å². The largest absolute Gasteiger partial charge is 0.478 e. The molecule has 5 heteroatoms. The van der Waals surface area contributed by atoms with Gasteiger partial charge in [-0.2, -0.15) is 0 Å². The summed E-state index contributed by atoms with van der Waals surface area (Å²) in [6, 6.07) is 12.5. The molecule has 0 heterocycles. The molecule has 0 fully saturated rings. The van der Waals surface area contributed by atoms with Crippen LogP contribution in [0.4, 0.5) is 5.69 Å². The van der Waals surface area contributed by atoms with Crippen molar-refractivity contribution in [3.8, 4) is 0 Å². The predicted molar refractivity (Wildman–Crippen MR) is 84.9 cm³/mol. The van der Waals surface area contributed by atoms with Crippen molar-refractivity contribution in [2.45, 2.75) is 6.54 Å². The smallest absolute Gasteiger partial charge is 0.335 e. The van der Waals surface area contributed by atoms with Crippen molar-refractivity contribution in [2.24, 2.45) is 0 Å². The first-order valence-corrected chi connectivity index (χ1v) is 7.03. The fourth-order valence-corrected chi connectivity index (χ4v) is 2.71. The third-order valence-corrected chi connectivity index (χ3v) is 3.72. The lowest BCUT2D eigenvalue weighted by atomic mass is 10.1. The Hall–Kier alpha value is -1.27. The van der Waals surface area contributed by atoms with E-state index in [2.05, 4.69) is 27.9 Å². The molecule has 0 radical (unpaired) electrons. The summed E-state index contributed by atoms with van der Waals surface area (Å²) in [5.41, 5.74) is 2.20. The zero-order valence-electron chi connectivity index (χ0n) is 9.86. The summed E-state index contributed by atoms with van der Waals surface area (Å²) < 4.78 is 1.03. The van der Waals surface area contributed by atoms with E-state index in [1.165, 1.54) is 0 Å². The number of nitrogens with one attached hydrogen (secondary N) is 1. The molecule has 0 unspecified atom stereocenters. The Bertz CT molecular complexity index is 616. The zero-order chi connectivity index (χ0) is 13.8. The average Bonchev–Trinajstić information content (AvgIpc) is 2.38. The van der Waals surface area contributed by atoms with Crippen molar-refractivity contribution in [3.63, 3.8) is 0 Å². The van der Waals surface area contributed by atoms with Gasteiger partial charge in [-0.25, -0.2) is 4.79 Å². The molecule has 0 aromatic heterocycles. The van der Waals surface area contributed by atoms with Crippen molar-refractivity contribution in [1.82, 2.24) is 0 Å². The number of hydrogen-bond donors (Lipinski definition) is 2.